The minimum Gasteiger partial charge on any atom is -0.376 e. The molecule has 0 aliphatic carbocycles. The van der Waals surface area contributed by atoms with Crippen molar-refractivity contribution in [2.24, 2.45) is 0 Å². The lowest BCUT2D eigenvalue weighted by atomic mass is 9.94. The summed E-state index contributed by atoms with van der Waals surface area (Å²) in [5, 5.41) is 15.4. The molecule has 1 atom stereocenters. The molecule has 7 nitrogen and oxygen atoms in total. The molecular formula is C31H36N6O. The summed E-state index contributed by atoms with van der Waals surface area (Å²) in [6, 6.07) is 22.9. The molecule has 0 radical (unpaired) electrons. The van der Waals surface area contributed by atoms with Crippen molar-refractivity contribution in [2.45, 2.75) is 51.8 Å². The highest BCUT2D eigenvalue weighted by atomic mass is 16.5. The standard InChI is InChI=1S/C31H36N6O/c1-22-25(19-32)28-33-30(31(2,3)21-38-20-23-13-8-6-9-14-23)34-37(28)29(27(22)24-15-10-7-11-16-24)36-18-12-17-26(36)35(4)5/h6-11,13-16,26H,12,17-18,20-21H2,1-5H3. The third-order valence-corrected chi connectivity index (χ3v) is 7.45. The lowest BCUT2D eigenvalue weighted by molar-refractivity contribution is 0.0797. The number of hydrogen-bond acceptors (Lipinski definition) is 6. The topological polar surface area (TPSA) is 69.7 Å². The van der Waals surface area contributed by atoms with Crippen LogP contribution in [-0.4, -0.2) is 52.9 Å². The van der Waals surface area contributed by atoms with Crippen LogP contribution in [-0.2, 0) is 16.8 Å². The summed E-state index contributed by atoms with van der Waals surface area (Å²) in [6.07, 6.45) is 2.41. The Hall–Kier alpha value is -3.73. The van der Waals surface area contributed by atoms with Crippen molar-refractivity contribution >= 4 is 11.5 Å². The highest BCUT2D eigenvalue weighted by molar-refractivity contribution is 5.85. The van der Waals surface area contributed by atoms with Crippen LogP contribution >= 0.6 is 0 Å². The molecule has 0 bridgehead atoms. The molecule has 0 amide bonds. The van der Waals surface area contributed by atoms with Crippen molar-refractivity contribution in [3.63, 3.8) is 0 Å². The van der Waals surface area contributed by atoms with Crippen LogP contribution in [0.5, 0.6) is 0 Å². The normalized spacial score (nSPS) is 15.9. The van der Waals surface area contributed by atoms with Gasteiger partial charge in [0.15, 0.2) is 11.5 Å². The van der Waals surface area contributed by atoms with Crippen molar-refractivity contribution in [1.82, 2.24) is 19.5 Å². The number of fused-ring (bicyclic) bond motifs is 1. The van der Waals surface area contributed by atoms with Crippen molar-refractivity contribution in [2.75, 3.05) is 32.1 Å². The summed E-state index contributed by atoms with van der Waals surface area (Å²) in [4.78, 5) is 9.68. The molecule has 1 unspecified atom stereocenters. The first kappa shape index (κ1) is 25.9. The number of hydrogen-bond donors (Lipinski definition) is 0. The number of nitriles is 1. The van der Waals surface area contributed by atoms with Crippen molar-refractivity contribution in [1.29, 1.82) is 5.26 Å². The zero-order chi connectivity index (χ0) is 26.9. The fourth-order valence-corrected chi connectivity index (χ4v) is 5.42. The van der Waals surface area contributed by atoms with E-state index in [9.17, 15) is 5.26 Å². The van der Waals surface area contributed by atoms with Gasteiger partial charge in [-0.1, -0.05) is 74.5 Å². The Bertz CT molecular complexity index is 1450. The third-order valence-electron chi connectivity index (χ3n) is 7.45. The quantitative estimate of drug-likeness (QED) is 0.310. The summed E-state index contributed by atoms with van der Waals surface area (Å²) in [5.41, 5.74) is 4.90. The maximum absolute atomic E-state index is 10.3. The Morgan fingerprint density at radius 3 is 2.42 bits per heavy atom. The van der Waals surface area contributed by atoms with Crippen molar-refractivity contribution < 1.29 is 4.74 Å². The maximum atomic E-state index is 10.3. The minimum absolute atomic E-state index is 0.239. The molecule has 5 rings (SSSR count). The van der Waals surface area contributed by atoms with Crippen LogP contribution in [0.1, 0.15) is 49.2 Å². The average molecular weight is 509 g/mol. The van der Waals surface area contributed by atoms with E-state index in [1.54, 1.807) is 0 Å². The Labute approximate surface area is 225 Å². The molecule has 1 aliphatic rings. The smallest absolute Gasteiger partial charge is 0.176 e. The van der Waals surface area contributed by atoms with Gasteiger partial charge in [0.2, 0.25) is 0 Å². The van der Waals surface area contributed by atoms with E-state index in [4.69, 9.17) is 14.8 Å². The molecule has 196 valence electrons. The van der Waals surface area contributed by atoms with Gasteiger partial charge in [-0.3, -0.25) is 4.90 Å². The Morgan fingerprint density at radius 2 is 1.76 bits per heavy atom. The molecule has 3 heterocycles. The summed E-state index contributed by atoms with van der Waals surface area (Å²) in [6.45, 7) is 8.14. The van der Waals surface area contributed by atoms with Gasteiger partial charge in [-0.05, 0) is 50.6 Å². The van der Waals surface area contributed by atoms with Crippen LogP contribution in [0.3, 0.4) is 0 Å². The van der Waals surface area contributed by atoms with Gasteiger partial charge < -0.3 is 9.64 Å². The second kappa shape index (κ2) is 10.6. The molecule has 38 heavy (non-hydrogen) atoms. The molecule has 0 N–H and O–H groups in total. The molecule has 2 aromatic carbocycles. The van der Waals surface area contributed by atoms with E-state index in [-0.39, 0.29) is 6.17 Å². The molecule has 4 aromatic rings. The maximum Gasteiger partial charge on any atom is 0.176 e. The predicted molar refractivity (Wildman–Crippen MR) is 151 cm³/mol. The SMILES string of the molecule is Cc1c(-c2ccccc2)c(N2CCCC2N(C)C)n2nc(C(C)(C)COCc3ccccc3)nc2c1C#N. The molecule has 0 spiro atoms. The predicted octanol–water partition coefficient (Wildman–Crippen LogP) is 5.56. The third kappa shape index (κ3) is 4.78. The number of pyridine rings is 1. The van der Waals surface area contributed by atoms with Crippen molar-refractivity contribution in [3.8, 4) is 17.2 Å². The lowest BCUT2D eigenvalue weighted by Gasteiger charge is -2.33. The summed E-state index contributed by atoms with van der Waals surface area (Å²) < 4.78 is 8.04. The number of benzene rings is 2. The van der Waals surface area contributed by atoms with E-state index in [1.807, 2.05) is 47.8 Å². The van der Waals surface area contributed by atoms with Crippen LogP contribution in [0.15, 0.2) is 60.7 Å². The van der Waals surface area contributed by atoms with E-state index < -0.39 is 5.41 Å². The van der Waals surface area contributed by atoms with E-state index in [0.717, 1.165) is 47.5 Å². The monoisotopic (exact) mass is 508 g/mol. The largest absolute Gasteiger partial charge is 0.376 e. The second-order valence-corrected chi connectivity index (χ2v) is 11.0. The van der Waals surface area contributed by atoms with E-state index >= 15 is 0 Å². The fraction of sp³-hybridized carbons (Fsp3) is 0.387. The molecule has 1 fully saturated rings. The Balaban J connectivity index is 1.64. The Kier molecular flexibility index (Phi) is 7.20. The van der Waals surface area contributed by atoms with Crippen LogP contribution in [0.2, 0.25) is 0 Å². The number of anilines is 1. The van der Waals surface area contributed by atoms with Crippen LogP contribution in [0.4, 0.5) is 5.82 Å². The summed E-state index contributed by atoms with van der Waals surface area (Å²) in [7, 11) is 4.25. The van der Waals surface area contributed by atoms with Gasteiger partial charge in [-0.2, -0.15) is 9.78 Å². The van der Waals surface area contributed by atoms with Crippen LogP contribution in [0, 0.1) is 18.3 Å². The van der Waals surface area contributed by atoms with Gasteiger partial charge in [-0.25, -0.2) is 4.98 Å². The lowest BCUT2D eigenvalue weighted by Crippen LogP contribution is -2.41. The zero-order valence-corrected chi connectivity index (χ0v) is 23.0. The van der Waals surface area contributed by atoms with Gasteiger partial charge in [0, 0.05) is 17.5 Å². The number of rotatable bonds is 8. The second-order valence-electron chi connectivity index (χ2n) is 11.0. The number of ether oxygens (including phenoxy) is 1. The molecule has 1 aliphatic heterocycles. The van der Waals surface area contributed by atoms with E-state index in [1.165, 1.54) is 0 Å². The minimum atomic E-state index is -0.447. The number of aromatic nitrogens is 3. The van der Waals surface area contributed by atoms with Gasteiger partial charge in [0.05, 0.1) is 19.4 Å². The first-order valence-electron chi connectivity index (χ1n) is 13.3. The zero-order valence-electron chi connectivity index (χ0n) is 23.0. The molecular weight excluding hydrogens is 472 g/mol. The molecule has 7 heteroatoms. The summed E-state index contributed by atoms with van der Waals surface area (Å²) in [5.74, 6) is 1.67. The van der Waals surface area contributed by atoms with Gasteiger partial charge in [-0.15, -0.1) is 5.10 Å². The molecule has 2 aromatic heterocycles. The van der Waals surface area contributed by atoms with Gasteiger partial charge in [0.25, 0.3) is 0 Å². The highest BCUT2D eigenvalue weighted by Gasteiger charge is 2.35. The average Bonchev–Trinajstić information content (AvgIpc) is 3.58. The summed E-state index contributed by atoms with van der Waals surface area (Å²) >= 11 is 0. The number of nitrogens with zero attached hydrogens (tertiary/aromatic N) is 6. The van der Waals surface area contributed by atoms with E-state index in [2.05, 4.69) is 68.1 Å². The fourth-order valence-electron chi connectivity index (χ4n) is 5.42. The van der Waals surface area contributed by atoms with Gasteiger partial charge >= 0.3 is 0 Å². The Morgan fingerprint density at radius 1 is 1.08 bits per heavy atom. The molecule has 1 saturated heterocycles. The van der Waals surface area contributed by atoms with Gasteiger partial charge in [0.1, 0.15) is 17.5 Å². The van der Waals surface area contributed by atoms with Crippen LogP contribution in [0.25, 0.3) is 16.8 Å². The van der Waals surface area contributed by atoms with Crippen LogP contribution < -0.4 is 4.90 Å². The van der Waals surface area contributed by atoms with Crippen molar-refractivity contribution in [3.05, 3.63) is 83.2 Å². The van der Waals surface area contributed by atoms with E-state index in [0.29, 0.717) is 30.2 Å². The highest BCUT2D eigenvalue weighted by Crippen LogP contribution is 2.40. The first-order chi connectivity index (χ1) is 18.3. The first-order valence-corrected chi connectivity index (χ1v) is 13.3. The molecule has 0 saturated carbocycles.